The molecule has 0 aliphatic heterocycles. The molecular formula is C6H3BF3KN2. The topological polar surface area (TPSA) is 36.7 Å². The predicted molar refractivity (Wildman–Crippen MR) is 37.7 cm³/mol. The van der Waals surface area contributed by atoms with Crippen LogP contribution in [0.5, 0.6) is 0 Å². The quantitative estimate of drug-likeness (QED) is 0.503. The molecule has 1 heterocycles. The van der Waals surface area contributed by atoms with E-state index in [0.29, 0.717) is 0 Å². The summed E-state index contributed by atoms with van der Waals surface area (Å²) in [6.45, 7) is -5.09. The Hall–Kier alpha value is 0.131. The number of nitriles is 1. The van der Waals surface area contributed by atoms with Gasteiger partial charge in [-0.3, -0.25) is 4.98 Å². The Morgan fingerprint density at radius 2 is 1.92 bits per heavy atom. The summed E-state index contributed by atoms with van der Waals surface area (Å²) in [5, 5.41) is 8.25. The molecule has 0 aromatic carbocycles. The molecule has 1 rings (SSSR count). The zero-order valence-corrected chi connectivity index (χ0v) is 9.96. The minimum atomic E-state index is -5.09. The molecule has 0 aliphatic carbocycles. The van der Waals surface area contributed by atoms with E-state index in [2.05, 4.69) is 4.98 Å². The number of aromatic nitrogens is 1. The van der Waals surface area contributed by atoms with E-state index in [1.165, 1.54) is 12.1 Å². The molecule has 62 valence electrons. The van der Waals surface area contributed by atoms with E-state index in [0.717, 1.165) is 12.1 Å². The number of hydrogen-bond donors (Lipinski definition) is 0. The summed E-state index contributed by atoms with van der Waals surface area (Å²) in [5.74, 6) is 0. The molecule has 0 unspecified atom stereocenters. The van der Waals surface area contributed by atoms with E-state index in [4.69, 9.17) is 5.26 Å². The van der Waals surface area contributed by atoms with Gasteiger partial charge in [0.25, 0.3) is 0 Å². The van der Waals surface area contributed by atoms with E-state index in [1.54, 1.807) is 0 Å². The van der Waals surface area contributed by atoms with E-state index in [1.807, 2.05) is 0 Å². The predicted octanol–water partition coefficient (Wildman–Crippen LogP) is -1.99. The van der Waals surface area contributed by atoms with Gasteiger partial charge in [-0.25, -0.2) is 0 Å². The molecule has 1 aromatic heterocycles. The molecule has 2 nitrogen and oxygen atoms in total. The molecule has 0 N–H and O–H groups in total. The van der Waals surface area contributed by atoms with Crippen LogP contribution < -0.4 is 57.0 Å². The summed E-state index contributed by atoms with van der Waals surface area (Å²) in [6.07, 6.45) is 0. The van der Waals surface area contributed by atoms with Crippen LogP contribution >= 0.6 is 0 Å². The molecule has 0 radical (unpaired) electrons. The van der Waals surface area contributed by atoms with Crippen molar-refractivity contribution in [1.82, 2.24) is 4.98 Å². The Labute approximate surface area is 116 Å². The van der Waals surface area contributed by atoms with Crippen molar-refractivity contribution in [2.24, 2.45) is 0 Å². The Bertz CT molecular complexity index is 333. The van der Waals surface area contributed by atoms with Crippen LogP contribution in [0.15, 0.2) is 18.2 Å². The van der Waals surface area contributed by atoms with Crippen molar-refractivity contribution in [2.75, 3.05) is 0 Å². The fraction of sp³-hybridized carbons (Fsp3) is 0. The Kier molecular flexibility index (Phi) is 5.17. The summed E-state index contributed by atoms with van der Waals surface area (Å²) < 4.78 is 36.0. The van der Waals surface area contributed by atoms with Crippen molar-refractivity contribution in [3.8, 4) is 6.07 Å². The normalized spacial score (nSPS) is 10.0. The van der Waals surface area contributed by atoms with Gasteiger partial charge in [-0.05, 0) is 11.7 Å². The van der Waals surface area contributed by atoms with Crippen molar-refractivity contribution in [3.05, 3.63) is 23.9 Å². The average molecular weight is 210 g/mol. The van der Waals surface area contributed by atoms with Crippen molar-refractivity contribution in [3.63, 3.8) is 0 Å². The number of rotatable bonds is 1. The van der Waals surface area contributed by atoms with Gasteiger partial charge in [-0.15, -0.1) is 0 Å². The molecule has 0 bridgehead atoms. The fourth-order valence-electron chi connectivity index (χ4n) is 0.696. The zero-order valence-electron chi connectivity index (χ0n) is 6.84. The molecule has 0 aliphatic rings. The molecule has 13 heavy (non-hydrogen) atoms. The van der Waals surface area contributed by atoms with Crippen LogP contribution in [-0.4, -0.2) is 12.0 Å². The van der Waals surface area contributed by atoms with Crippen molar-refractivity contribution < 1.29 is 64.3 Å². The van der Waals surface area contributed by atoms with E-state index in [-0.39, 0.29) is 57.1 Å². The minimum absolute atomic E-state index is 0. The summed E-state index contributed by atoms with van der Waals surface area (Å²) in [5.41, 5.74) is -1.19. The third-order valence-corrected chi connectivity index (χ3v) is 1.22. The maximum atomic E-state index is 12.0. The first-order valence-corrected chi connectivity index (χ1v) is 3.11. The molecule has 0 atom stereocenters. The first-order valence-electron chi connectivity index (χ1n) is 3.11. The van der Waals surface area contributed by atoms with Gasteiger partial charge in [0.05, 0.1) is 0 Å². The molecule has 0 spiro atoms. The van der Waals surface area contributed by atoms with Gasteiger partial charge in [0.15, 0.2) is 0 Å². The summed E-state index contributed by atoms with van der Waals surface area (Å²) in [4.78, 5) is 3.10. The molecular weight excluding hydrogens is 207 g/mol. The second kappa shape index (κ2) is 5.12. The molecule has 0 amide bonds. The zero-order chi connectivity index (χ0) is 9.19. The molecule has 0 saturated heterocycles. The van der Waals surface area contributed by atoms with Gasteiger partial charge in [0.2, 0.25) is 0 Å². The third kappa shape index (κ3) is 3.79. The van der Waals surface area contributed by atoms with Crippen molar-refractivity contribution in [2.45, 2.75) is 0 Å². The summed E-state index contributed by atoms with van der Waals surface area (Å²) in [6, 6.07) is 4.78. The standard InChI is InChI=1S/C6H3BF3N2.K/c8-7(9,10)6-3-1-2-5(4-11)12-6;/h1-3H;/q-1;+1. The van der Waals surface area contributed by atoms with E-state index < -0.39 is 12.6 Å². The molecule has 7 heteroatoms. The van der Waals surface area contributed by atoms with Gasteiger partial charge in [-0.1, -0.05) is 12.1 Å². The van der Waals surface area contributed by atoms with Gasteiger partial charge < -0.3 is 12.9 Å². The second-order valence-corrected chi connectivity index (χ2v) is 2.13. The van der Waals surface area contributed by atoms with Crippen LogP contribution in [0.3, 0.4) is 0 Å². The maximum absolute atomic E-state index is 12.0. The first kappa shape index (κ1) is 13.1. The number of pyridine rings is 1. The SMILES string of the molecule is N#Cc1cccc([B-](F)(F)F)n1.[K+]. The summed E-state index contributed by atoms with van der Waals surface area (Å²) >= 11 is 0. The van der Waals surface area contributed by atoms with Gasteiger partial charge in [0, 0.05) is 0 Å². The van der Waals surface area contributed by atoms with Crippen LogP contribution in [0.2, 0.25) is 0 Å². The number of halogens is 3. The Balaban J connectivity index is 0.00000144. The summed E-state index contributed by atoms with van der Waals surface area (Å²) in [7, 11) is 0. The van der Waals surface area contributed by atoms with Gasteiger partial charge in [0.1, 0.15) is 11.8 Å². The maximum Gasteiger partial charge on any atom is 1.00 e. The minimum Gasteiger partial charge on any atom is -0.444 e. The fourth-order valence-corrected chi connectivity index (χ4v) is 0.696. The largest absolute Gasteiger partial charge is 1.00 e. The first-order chi connectivity index (χ1) is 5.54. The van der Waals surface area contributed by atoms with Crippen LogP contribution in [0.1, 0.15) is 5.69 Å². The van der Waals surface area contributed by atoms with Crippen LogP contribution in [-0.2, 0) is 0 Å². The average Bonchev–Trinajstić information content (AvgIpc) is 2.03. The van der Waals surface area contributed by atoms with Crippen molar-refractivity contribution in [1.29, 1.82) is 5.26 Å². The van der Waals surface area contributed by atoms with E-state index >= 15 is 0 Å². The number of nitrogens with zero attached hydrogens (tertiary/aromatic N) is 2. The monoisotopic (exact) mass is 210 g/mol. The van der Waals surface area contributed by atoms with Crippen LogP contribution in [0.25, 0.3) is 0 Å². The van der Waals surface area contributed by atoms with Gasteiger partial charge >= 0.3 is 58.4 Å². The second-order valence-electron chi connectivity index (χ2n) is 2.13. The van der Waals surface area contributed by atoms with E-state index in [9.17, 15) is 12.9 Å². The molecule has 1 aromatic rings. The number of hydrogen-bond acceptors (Lipinski definition) is 2. The van der Waals surface area contributed by atoms with Crippen molar-refractivity contribution >= 4 is 12.6 Å². The Morgan fingerprint density at radius 3 is 2.38 bits per heavy atom. The van der Waals surface area contributed by atoms with Gasteiger partial charge in [-0.2, -0.15) is 5.26 Å². The van der Waals surface area contributed by atoms with Crippen LogP contribution in [0.4, 0.5) is 12.9 Å². The molecule has 0 saturated carbocycles. The smallest absolute Gasteiger partial charge is 0.444 e. The van der Waals surface area contributed by atoms with Crippen LogP contribution in [0, 0.1) is 11.3 Å². The Morgan fingerprint density at radius 1 is 1.31 bits per heavy atom. The molecule has 0 fully saturated rings. The third-order valence-electron chi connectivity index (χ3n) is 1.22.